The smallest absolute Gasteiger partial charge is 0.274 e. The molecule has 0 amide bonds. The summed E-state index contributed by atoms with van der Waals surface area (Å²) in [6.07, 6.45) is 0.500. The van der Waals surface area contributed by atoms with Gasteiger partial charge in [0.2, 0.25) is 5.95 Å². The molecule has 0 saturated carbocycles. The van der Waals surface area contributed by atoms with Gasteiger partial charge in [-0.3, -0.25) is 9.78 Å². The molecule has 0 bridgehead atoms. The van der Waals surface area contributed by atoms with E-state index < -0.39 is 0 Å². The first-order chi connectivity index (χ1) is 13.7. The number of rotatable bonds is 6. The van der Waals surface area contributed by atoms with E-state index in [4.69, 9.17) is 0 Å². The molecule has 1 saturated heterocycles. The van der Waals surface area contributed by atoms with Crippen molar-refractivity contribution in [3.8, 4) is 0 Å². The number of H-pyrrole nitrogens is 1. The molecule has 4 rings (SSSR count). The highest BCUT2D eigenvalue weighted by molar-refractivity contribution is 7.09. The Kier molecular flexibility index (Phi) is 5.68. The molecule has 8 heteroatoms. The summed E-state index contributed by atoms with van der Waals surface area (Å²) < 4.78 is 0. The summed E-state index contributed by atoms with van der Waals surface area (Å²) in [6.45, 7) is 7.62. The maximum Gasteiger partial charge on any atom is 0.274 e. The van der Waals surface area contributed by atoms with Crippen LogP contribution in [0, 0.1) is 0 Å². The Balaban J connectivity index is 1.39. The number of hydrogen-bond acceptors (Lipinski definition) is 7. The van der Waals surface area contributed by atoms with Crippen LogP contribution in [-0.4, -0.2) is 52.8 Å². The van der Waals surface area contributed by atoms with Crippen molar-refractivity contribution in [2.24, 2.45) is 0 Å². The van der Waals surface area contributed by atoms with E-state index in [1.54, 1.807) is 11.3 Å². The Morgan fingerprint density at radius 2 is 1.89 bits per heavy atom. The predicted octanol–water partition coefficient (Wildman–Crippen LogP) is 2.70. The number of benzene rings is 1. The highest BCUT2D eigenvalue weighted by atomic mass is 32.1. The molecular weight excluding hydrogens is 372 g/mol. The summed E-state index contributed by atoms with van der Waals surface area (Å²) in [7, 11) is 0. The van der Waals surface area contributed by atoms with Gasteiger partial charge >= 0.3 is 0 Å². The minimum atomic E-state index is -0.212. The molecule has 3 heterocycles. The van der Waals surface area contributed by atoms with Gasteiger partial charge in [0.05, 0.1) is 0 Å². The zero-order valence-electron chi connectivity index (χ0n) is 15.9. The van der Waals surface area contributed by atoms with E-state index >= 15 is 0 Å². The lowest BCUT2D eigenvalue weighted by molar-refractivity contribution is 0.271. The zero-order chi connectivity index (χ0) is 19.3. The second kappa shape index (κ2) is 8.53. The van der Waals surface area contributed by atoms with Gasteiger partial charge in [0.15, 0.2) is 0 Å². The number of aromatic amines is 1. The van der Waals surface area contributed by atoms with Gasteiger partial charge in [0, 0.05) is 48.9 Å². The van der Waals surface area contributed by atoms with Gasteiger partial charge in [-0.05, 0) is 42.3 Å². The van der Waals surface area contributed by atoms with Crippen LogP contribution in [0.2, 0.25) is 0 Å². The fourth-order valence-corrected chi connectivity index (χ4v) is 4.03. The third-order valence-electron chi connectivity index (χ3n) is 5.00. The lowest BCUT2D eigenvalue weighted by Crippen LogP contribution is -2.46. The van der Waals surface area contributed by atoms with Crippen molar-refractivity contribution in [1.29, 1.82) is 0 Å². The Hall–Kier alpha value is -2.71. The van der Waals surface area contributed by atoms with Crippen LogP contribution in [0.15, 0.2) is 46.6 Å². The van der Waals surface area contributed by atoms with Crippen molar-refractivity contribution in [3.05, 3.63) is 62.7 Å². The summed E-state index contributed by atoms with van der Waals surface area (Å²) in [6, 6.07) is 12.1. The number of likely N-dealkylation sites (N-methyl/N-ethyl adjacent to an activating group) is 1. The Labute approximate surface area is 168 Å². The lowest BCUT2D eigenvalue weighted by atomic mass is 10.2. The fraction of sp³-hybridized carbons (Fsp3) is 0.350. The van der Waals surface area contributed by atoms with Crippen LogP contribution < -0.4 is 15.8 Å². The van der Waals surface area contributed by atoms with Gasteiger partial charge in [-0.2, -0.15) is 0 Å². The lowest BCUT2D eigenvalue weighted by Gasteiger charge is -2.35. The molecule has 7 nitrogen and oxygen atoms in total. The molecule has 28 heavy (non-hydrogen) atoms. The quantitative estimate of drug-likeness (QED) is 0.667. The minimum Gasteiger partial charge on any atom is -0.369 e. The van der Waals surface area contributed by atoms with Gasteiger partial charge in [-0.1, -0.05) is 13.0 Å². The van der Waals surface area contributed by atoms with Crippen molar-refractivity contribution in [2.45, 2.75) is 13.3 Å². The maximum absolute atomic E-state index is 12.3. The molecule has 1 aromatic carbocycles. The number of piperazine rings is 1. The first-order valence-corrected chi connectivity index (χ1v) is 10.4. The number of anilines is 3. The Morgan fingerprint density at radius 1 is 1.11 bits per heavy atom. The number of thiophene rings is 1. The van der Waals surface area contributed by atoms with Crippen LogP contribution in [0.25, 0.3) is 0 Å². The van der Waals surface area contributed by atoms with Crippen LogP contribution in [0.1, 0.15) is 17.5 Å². The molecule has 0 spiro atoms. The summed E-state index contributed by atoms with van der Waals surface area (Å²) in [5.74, 6) is 0.351. The maximum atomic E-state index is 12.3. The zero-order valence-corrected chi connectivity index (χ0v) is 16.7. The number of hydrogen-bond donors (Lipinski definition) is 2. The molecule has 1 fully saturated rings. The average molecular weight is 397 g/mol. The average Bonchev–Trinajstić information content (AvgIpc) is 3.24. The summed E-state index contributed by atoms with van der Waals surface area (Å²) in [5, 5.41) is 13.3. The molecule has 2 aromatic heterocycles. The summed E-state index contributed by atoms with van der Waals surface area (Å²) >= 11 is 1.60. The third-order valence-corrected chi connectivity index (χ3v) is 5.88. The molecule has 3 aromatic rings. The van der Waals surface area contributed by atoms with Crippen LogP contribution in [-0.2, 0) is 6.42 Å². The monoisotopic (exact) mass is 396 g/mol. The third kappa shape index (κ3) is 4.40. The Bertz CT molecular complexity index is 946. The van der Waals surface area contributed by atoms with E-state index in [1.165, 1.54) is 5.69 Å². The fourth-order valence-electron chi connectivity index (χ4n) is 3.33. The van der Waals surface area contributed by atoms with Gasteiger partial charge in [-0.25, -0.2) is 0 Å². The second-order valence-corrected chi connectivity index (χ2v) is 7.83. The van der Waals surface area contributed by atoms with Crippen LogP contribution >= 0.6 is 11.3 Å². The van der Waals surface area contributed by atoms with E-state index in [0.29, 0.717) is 18.1 Å². The van der Waals surface area contributed by atoms with Crippen molar-refractivity contribution < 1.29 is 0 Å². The molecule has 0 atom stereocenters. The van der Waals surface area contributed by atoms with E-state index in [2.05, 4.69) is 49.4 Å². The van der Waals surface area contributed by atoms with Gasteiger partial charge in [0.25, 0.3) is 5.56 Å². The highest BCUT2D eigenvalue weighted by Gasteiger charge is 2.15. The molecule has 146 valence electrons. The molecule has 1 aliphatic rings. The van der Waals surface area contributed by atoms with E-state index in [0.717, 1.165) is 43.3 Å². The standard InChI is InChI=1S/C20H24N6OS/c1-2-25-9-11-26(12-10-25)16-7-5-15(6-8-16)21-20-22-19(27)18(23-24-20)14-17-4-3-13-28-17/h3-8,13H,2,9-12,14H2,1H3,(H2,21,22,24,27). The topological polar surface area (TPSA) is 77.2 Å². The van der Waals surface area contributed by atoms with Gasteiger partial charge < -0.3 is 15.1 Å². The minimum absolute atomic E-state index is 0.212. The van der Waals surface area contributed by atoms with Crippen molar-refractivity contribution in [1.82, 2.24) is 20.1 Å². The number of aromatic nitrogens is 3. The molecule has 0 aliphatic carbocycles. The highest BCUT2D eigenvalue weighted by Crippen LogP contribution is 2.21. The normalized spacial score (nSPS) is 15.0. The van der Waals surface area contributed by atoms with Crippen molar-refractivity contribution in [3.63, 3.8) is 0 Å². The second-order valence-electron chi connectivity index (χ2n) is 6.80. The summed E-state index contributed by atoms with van der Waals surface area (Å²) in [5.41, 5.74) is 2.30. The van der Waals surface area contributed by atoms with Crippen molar-refractivity contribution in [2.75, 3.05) is 42.9 Å². The van der Waals surface area contributed by atoms with Crippen molar-refractivity contribution >= 4 is 28.7 Å². The van der Waals surface area contributed by atoms with Crippen LogP contribution in [0.3, 0.4) is 0 Å². The summed E-state index contributed by atoms with van der Waals surface area (Å²) in [4.78, 5) is 21.0. The van der Waals surface area contributed by atoms with Gasteiger partial charge in [-0.15, -0.1) is 21.5 Å². The number of nitrogens with one attached hydrogen (secondary N) is 2. The largest absolute Gasteiger partial charge is 0.369 e. The SMILES string of the molecule is CCN1CCN(c2ccc(Nc3nnc(Cc4cccs4)c(=O)[nH]3)cc2)CC1. The number of nitrogens with zero attached hydrogens (tertiary/aromatic N) is 4. The van der Waals surface area contributed by atoms with E-state index in [1.807, 2.05) is 29.6 Å². The predicted molar refractivity (Wildman–Crippen MR) is 114 cm³/mol. The molecular formula is C20H24N6OS. The Morgan fingerprint density at radius 3 is 2.54 bits per heavy atom. The molecule has 2 N–H and O–H groups in total. The molecule has 0 unspecified atom stereocenters. The first kappa shape index (κ1) is 18.6. The van der Waals surface area contributed by atoms with Gasteiger partial charge in [0.1, 0.15) is 5.69 Å². The van der Waals surface area contributed by atoms with E-state index in [9.17, 15) is 4.79 Å². The van der Waals surface area contributed by atoms with Crippen LogP contribution in [0.4, 0.5) is 17.3 Å². The van der Waals surface area contributed by atoms with Crippen LogP contribution in [0.5, 0.6) is 0 Å². The molecule has 0 radical (unpaired) electrons. The first-order valence-electron chi connectivity index (χ1n) is 9.54. The molecule has 1 aliphatic heterocycles. The van der Waals surface area contributed by atoms with E-state index in [-0.39, 0.29) is 5.56 Å².